The predicted octanol–water partition coefficient (Wildman–Crippen LogP) is 2.75. The first-order valence-electron chi connectivity index (χ1n) is 7.33. The molecule has 2 fully saturated rings. The zero-order valence-corrected chi connectivity index (χ0v) is 12.9. The summed E-state index contributed by atoms with van der Waals surface area (Å²) in [6.45, 7) is 2.03. The summed E-state index contributed by atoms with van der Waals surface area (Å²) in [6, 6.07) is 7.11. The van der Waals surface area contributed by atoms with Crippen LogP contribution >= 0.6 is 11.6 Å². The van der Waals surface area contributed by atoms with Crippen molar-refractivity contribution in [3.05, 3.63) is 34.9 Å². The van der Waals surface area contributed by atoms with E-state index < -0.39 is 0 Å². The normalized spacial score (nSPS) is 29.0. The minimum atomic E-state index is -0.229. The first-order valence-corrected chi connectivity index (χ1v) is 7.71. The summed E-state index contributed by atoms with van der Waals surface area (Å²) < 4.78 is 11.4. The highest BCUT2D eigenvalue weighted by molar-refractivity contribution is 6.30. The third kappa shape index (κ3) is 3.07. The Morgan fingerprint density at radius 2 is 2.38 bits per heavy atom. The van der Waals surface area contributed by atoms with E-state index in [1.165, 1.54) is 0 Å². The molecule has 0 radical (unpaired) electrons. The summed E-state index contributed by atoms with van der Waals surface area (Å²) in [5.74, 6) is 0.0287. The molecule has 1 aromatic rings. The fourth-order valence-corrected chi connectivity index (χ4v) is 3.50. The number of amides is 1. The number of hydrogen-bond donors (Lipinski definition) is 0. The topological polar surface area (TPSA) is 38.8 Å². The first-order chi connectivity index (χ1) is 10.1. The van der Waals surface area contributed by atoms with Gasteiger partial charge in [0.1, 0.15) is 0 Å². The van der Waals surface area contributed by atoms with Gasteiger partial charge in [-0.1, -0.05) is 17.7 Å². The van der Waals surface area contributed by atoms with Crippen molar-refractivity contribution in [3.63, 3.8) is 0 Å². The van der Waals surface area contributed by atoms with Crippen LogP contribution in [0.3, 0.4) is 0 Å². The van der Waals surface area contributed by atoms with Crippen LogP contribution in [0.1, 0.15) is 29.6 Å². The molecule has 0 aromatic heterocycles. The van der Waals surface area contributed by atoms with Crippen molar-refractivity contribution >= 4 is 17.5 Å². The average Bonchev–Trinajstić information content (AvgIpc) is 2.89. The Hall–Kier alpha value is -1.10. The van der Waals surface area contributed by atoms with Crippen LogP contribution in [0.5, 0.6) is 0 Å². The van der Waals surface area contributed by atoms with Crippen LogP contribution in [0.2, 0.25) is 5.02 Å². The standard InChI is InChI=1S/C16H20ClNO3/c1-20-14-9-16(21-10-14)6-3-7-18(11-16)15(19)12-4-2-5-13(17)8-12/h2,4-5,8,14H,3,6-7,9-11H2,1H3/t14-,16-/m0/s1. The SMILES string of the molecule is CO[C@@H]1CO[C@@]2(CCCN(C(=O)c3cccc(Cl)c3)C2)C1. The molecule has 1 aromatic carbocycles. The van der Waals surface area contributed by atoms with Gasteiger partial charge in [0, 0.05) is 30.7 Å². The highest BCUT2D eigenvalue weighted by Gasteiger charge is 2.44. The number of likely N-dealkylation sites (tertiary alicyclic amines) is 1. The van der Waals surface area contributed by atoms with Crippen molar-refractivity contribution in [3.8, 4) is 0 Å². The third-order valence-corrected chi connectivity index (χ3v) is 4.64. The maximum absolute atomic E-state index is 12.6. The second-order valence-corrected chi connectivity index (χ2v) is 6.33. The van der Waals surface area contributed by atoms with Crippen molar-refractivity contribution in [1.82, 2.24) is 4.90 Å². The molecular formula is C16H20ClNO3. The maximum atomic E-state index is 12.6. The lowest BCUT2D eigenvalue weighted by Gasteiger charge is -2.39. The molecule has 2 aliphatic rings. The zero-order valence-electron chi connectivity index (χ0n) is 12.2. The van der Waals surface area contributed by atoms with Crippen LogP contribution < -0.4 is 0 Å². The first kappa shape index (κ1) is 14.8. The van der Waals surface area contributed by atoms with Gasteiger partial charge in [-0.15, -0.1) is 0 Å². The molecule has 2 heterocycles. The van der Waals surface area contributed by atoms with Crippen LogP contribution in [0.25, 0.3) is 0 Å². The van der Waals surface area contributed by atoms with E-state index >= 15 is 0 Å². The van der Waals surface area contributed by atoms with Crippen molar-refractivity contribution in [2.75, 3.05) is 26.8 Å². The fraction of sp³-hybridized carbons (Fsp3) is 0.562. The molecular weight excluding hydrogens is 290 g/mol. The molecule has 21 heavy (non-hydrogen) atoms. The second kappa shape index (κ2) is 5.95. The molecule has 2 aliphatic heterocycles. The predicted molar refractivity (Wildman–Crippen MR) is 80.7 cm³/mol. The van der Waals surface area contributed by atoms with Gasteiger partial charge in [-0.2, -0.15) is 0 Å². The van der Waals surface area contributed by atoms with Crippen LogP contribution in [0.4, 0.5) is 0 Å². The van der Waals surface area contributed by atoms with Gasteiger partial charge >= 0.3 is 0 Å². The van der Waals surface area contributed by atoms with E-state index in [1.54, 1.807) is 19.2 Å². The number of carbonyl (C=O) groups excluding carboxylic acids is 1. The average molecular weight is 310 g/mol. The molecule has 0 unspecified atom stereocenters. The number of ether oxygens (including phenoxy) is 2. The monoisotopic (exact) mass is 309 g/mol. The minimum absolute atomic E-state index is 0.0287. The molecule has 0 saturated carbocycles. The molecule has 0 bridgehead atoms. The van der Waals surface area contributed by atoms with Gasteiger partial charge in [-0.05, 0) is 31.0 Å². The Bertz CT molecular complexity index is 536. The molecule has 0 aliphatic carbocycles. The number of rotatable bonds is 2. The molecule has 1 amide bonds. The van der Waals surface area contributed by atoms with E-state index in [0.717, 1.165) is 25.8 Å². The van der Waals surface area contributed by atoms with Crippen molar-refractivity contribution < 1.29 is 14.3 Å². The van der Waals surface area contributed by atoms with Crippen LogP contribution in [0.15, 0.2) is 24.3 Å². The highest BCUT2D eigenvalue weighted by atomic mass is 35.5. The van der Waals surface area contributed by atoms with E-state index in [-0.39, 0.29) is 17.6 Å². The summed E-state index contributed by atoms with van der Waals surface area (Å²) in [5, 5.41) is 0.587. The molecule has 4 nitrogen and oxygen atoms in total. The maximum Gasteiger partial charge on any atom is 0.254 e. The smallest absolute Gasteiger partial charge is 0.254 e. The molecule has 2 atom stereocenters. The van der Waals surface area contributed by atoms with Gasteiger partial charge in [0.15, 0.2) is 0 Å². The van der Waals surface area contributed by atoms with Gasteiger partial charge in [-0.3, -0.25) is 4.79 Å². The van der Waals surface area contributed by atoms with Gasteiger partial charge in [0.2, 0.25) is 0 Å². The quantitative estimate of drug-likeness (QED) is 0.843. The van der Waals surface area contributed by atoms with Crippen LogP contribution in [-0.4, -0.2) is 49.3 Å². The number of carbonyl (C=O) groups is 1. The van der Waals surface area contributed by atoms with Gasteiger partial charge in [-0.25, -0.2) is 0 Å². The second-order valence-electron chi connectivity index (χ2n) is 5.90. The summed E-state index contributed by atoms with van der Waals surface area (Å²) in [7, 11) is 1.71. The molecule has 3 rings (SSSR count). The fourth-order valence-electron chi connectivity index (χ4n) is 3.31. The Morgan fingerprint density at radius 3 is 3.10 bits per heavy atom. The Labute approximate surface area is 130 Å². The van der Waals surface area contributed by atoms with E-state index in [2.05, 4.69) is 0 Å². The summed E-state index contributed by atoms with van der Waals surface area (Å²) in [5.41, 5.74) is 0.411. The molecule has 2 saturated heterocycles. The Kier molecular flexibility index (Phi) is 4.20. The zero-order chi connectivity index (χ0) is 14.9. The lowest BCUT2D eigenvalue weighted by molar-refractivity contribution is -0.0458. The minimum Gasteiger partial charge on any atom is -0.379 e. The lowest BCUT2D eigenvalue weighted by Crippen LogP contribution is -2.50. The van der Waals surface area contributed by atoms with E-state index in [9.17, 15) is 4.79 Å². The van der Waals surface area contributed by atoms with Gasteiger partial charge in [0.25, 0.3) is 5.91 Å². The van der Waals surface area contributed by atoms with E-state index in [4.69, 9.17) is 21.1 Å². The molecule has 5 heteroatoms. The van der Waals surface area contributed by atoms with Gasteiger partial charge < -0.3 is 14.4 Å². The number of nitrogens with zero attached hydrogens (tertiary/aromatic N) is 1. The van der Waals surface area contributed by atoms with Gasteiger partial charge in [0.05, 0.1) is 24.9 Å². The Morgan fingerprint density at radius 1 is 1.52 bits per heavy atom. The van der Waals surface area contributed by atoms with Crippen LogP contribution in [-0.2, 0) is 9.47 Å². The molecule has 114 valence electrons. The molecule has 0 N–H and O–H groups in total. The van der Waals surface area contributed by atoms with E-state index in [0.29, 0.717) is 23.7 Å². The lowest BCUT2D eigenvalue weighted by atomic mass is 9.89. The van der Waals surface area contributed by atoms with Crippen LogP contribution in [0, 0.1) is 0 Å². The highest BCUT2D eigenvalue weighted by Crippen LogP contribution is 2.36. The molecule has 1 spiro atoms. The van der Waals surface area contributed by atoms with Crippen molar-refractivity contribution in [2.24, 2.45) is 0 Å². The number of methoxy groups -OCH3 is 1. The Balaban J connectivity index is 1.73. The summed E-state index contributed by atoms with van der Waals surface area (Å²) in [4.78, 5) is 14.5. The number of hydrogen-bond acceptors (Lipinski definition) is 3. The number of piperidine rings is 1. The van der Waals surface area contributed by atoms with Crippen molar-refractivity contribution in [2.45, 2.75) is 31.0 Å². The van der Waals surface area contributed by atoms with Crippen molar-refractivity contribution in [1.29, 1.82) is 0 Å². The largest absolute Gasteiger partial charge is 0.379 e. The van der Waals surface area contributed by atoms with E-state index in [1.807, 2.05) is 17.0 Å². The number of benzene rings is 1. The summed E-state index contributed by atoms with van der Waals surface area (Å²) in [6.07, 6.45) is 2.96. The third-order valence-electron chi connectivity index (χ3n) is 4.41. The summed E-state index contributed by atoms with van der Waals surface area (Å²) >= 11 is 5.97. The number of halogens is 1.